The molecule has 1 fully saturated rings. The van der Waals surface area contributed by atoms with E-state index >= 15 is 0 Å². The lowest BCUT2D eigenvalue weighted by molar-refractivity contribution is -0.130. The van der Waals surface area contributed by atoms with Gasteiger partial charge in [-0.3, -0.25) is 15.5 Å². The number of fused-ring (bicyclic) bond motifs is 1. The Kier molecular flexibility index (Phi) is 3.26. The number of carbonyl (C=O) groups excluding carboxylic acids is 1. The Morgan fingerprint density at radius 2 is 2.33 bits per heavy atom. The third-order valence-corrected chi connectivity index (χ3v) is 3.33. The molecule has 1 aromatic heterocycles. The molecule has 3 N–H and O–H groups in total. The molecule has 1 amide bonds. The third-order valence-electron chi connectivity index (χ3n) is 3.33. The number of aromatic nitrogens is 2. The van der Waals surface area contributed by atoms with Gasteiger partial charge >= 0.3 is 0 Å². The predicted octanol–water partition coefficient (Wildman–Crippen LogP) is -1.21. The van der Waals surface area contributed by atoms with E-state index < -0.39 is 0 Å². The fourth-order valence-electron chi connectivity index (χ4n) is 2.26. The summed E-state index contributed by atoms with van der Waals surface area (Å²) in [7, 11) is 0. The standard InChI is InChI=1S/C11H17N5O2/c17-11(15-16-1-3-18-4-2-16)9-5-8-10(6-12-9)14-7-13-8/h7,9,12H,1-6H2,(H,13,14)(H,15,17). The highest BCUT2D eigenvalue weighted by atomic mass is 16.5. The van der Waals surface area contributed by atoms with Crippen molar-refractivity contribution in [1.29, 1.82) is 0 Å². The van der Waals surface area contributed by atoms with E-state index in [1.165, 1.54) is 0 Å². The van der Waals surface area contributed by atoms with Crippen LogP contribution in [0.25, 0.3) is 0 Å². The van der Waals surface area contributed by atoms with Crippen molar-refractivity contribution in [3.63, 3.8) is 0 Å². The number of carbonyl (C=O) groups is 1. The summed E-state index contributed by atoms with van der Waals surface area (Å²) in [5.41, 5.74) is 4.98. The van der Waals surface area contributed by atoms with Crippen LogP contribution in [0.1, 0.15) is 11.4 Å². The van der Waals surface area contributed by atoms with Gasteiger partial charge in [-0.2, -0.15) is 0 Å². The van der Waals surface area contributed by atoms with Crippen LogP contribution in [0.4, 0.5) is 0 Å². The molecule has 0 spiro atoms. The summed E-state index contributed by atoms with van der Waals surface area (Å²) in [5.74, 6) is 0.00514. The SMILES string of the molecule is O=C(NN1CCOCC1)C1Cc2nc[nH]c2CN1. The van der Waals surface area contributed by atoms with Crippen molar-refractivity contribution >= 4 is 5.91 Å². The van der Waals surface area contributed by atoms with Crippen LogP contribution >= 0.6 is 0 Å². The van der Waals surface area contributed by atoms with Crippen LogP contribution in [-0.4, -0.2) is 53.2 Å². The second kappa shape index (κ2) is 5.05. The Morgan fingerprint density at radius 1 is 1.50 bits per heavy atom. The quantitative estimate of drug-likeness (QED) is 0.614. The van der Waals surface area contributed by atoms with E-state index in [-0.39, 0.29) is 11.9 Å². The maximum Gasteiger partial charge on any atom is 0.251 e. The summed E-state index contributed by atoms with van der Waals surface area (Å²) in [6, 6.07) is -0.205. The first kappa shape index (κ1) is 11.6. The summed E-state index contributed by atoms with van der Waals surface area (Å²) in [6.07, 6.45) is 2.31. The molecule has 1 saturated heterocycles. The highest BCUT2D eigenvalue weighted by Crippen LogP contribution is 2.12. The number of H-pyrrole nitrogens is 1. The summed E-state index contributed by atoms with van der Waals surface area (Å²) in [5, 5.41) is 5.12. The highest BCUT2D eigenvalue weighted by molar-refractivity contribution is 5.81. The third kappa shape index (κ3) is 2.38. The lowest BCUT2D eigenvalue weighted by Crippen LogP contribution is -2.55. The smallest absolute Gasteiger partial charge is 0.251 e. The average Bonchev–Trinajstić information content (AvgIpc) is 2.87. The van der Waals surface area contributed by atoms with Gasteiger partial charge in [-0.1, -0.05) is 0 Å². The number of imidazole rings is 1. The second-order valence-corrected chi connectivity index (χ2v) is 4.54. The molecular weight excluding hydrogens is 234 g/mol. The van der Waals surface area contributed by atoms with Crippen molar-refractivity contribution in [3.8, 4) is 0 Å². The first-order valence-electron chi connectivity index (χ1n) is 6.20. The summed E-state index contributed by atoms with van der Waals surface area (Å²) >= 11 is 0. The minimum atomic E-state index is -0.205. The van der Waals surface area contributed by atoms with Gasteiger partial charge in [0.15, 0.2) is 0 Å². The van der Waals surface area contributed by atoms with E-state index in [0.717, 1.165) is 24.5 Å². The number of morpholine rings is 1. The Balaban J connectivity index is 1.57. The minimum absolute atomic E-state index is 0.00514. The largest absolute Gasteiger partial charge is 0.379 e. The molecule has 2 aliphatic heterocycles. The highest BCUT2D eigenvalue weighted by Gasteiger charge is 2.27. The van der Waals surface area contributed by atoms with Gasteiger partial charge in [0.05, 0.1) is 37.0 Å². The van der Waals surface area contributed by atoms with Gasteiger partial charge in [-0.25, -0.2) is 9.99 Å². The van der Waals surface area contributed by atoms with Crippen molar-refractivity contribution < 1.29 is 9.53 Å². The molecule has 1 atom stereocenters. The maximum absolute atomic E-state index is 12.1. The number of nitrogens with one attached hydrogen (secondary N) is 3. The number of nitrogens with zero attached hydrogens (tertiary/aromatic N) is 2. The van der Waals surface area contributed by atoms with Crippen LogP contribution in [0.15, 0.2) is 6.33 Å². The predicted molar refractivity (Wildman–Crippen MR) is 63.5 cm³/mol. The molecule has 18 heavy (non-hydrogen) atoms. The summed E-state index contributed by atoms with van der Waals surface area (Å²) in [6.45, 7) is 3.48. The van der Waals surface area contributed by atoms with Crippen LogP contribution in [0, 0.1) is 0 Å². The van der Waals surface area contributed by atoms with E-state index in [1.807, 2.05) is 5.01 Å². The second-order valence-electron chi connectivity index (χ2n) is 4.54. The Bertz CT molecular complexity index is 427. The molecule has 0 aliphatic carbocycles. The van der Waals surface area contributed by atoms with E-state index in [0.29, 0.717) is 26.2 Å². The number of rotatable bonds is 2. The molecule has 3 rings (SSSR count). The molecule has 98 valence electrons. The maximum atomic E-state index is 12.1. The zero-order valence-electron chi connectivity index (χ0n) is 10.1. The van der Waals surface area contributed by atoms with Crippen LogP contribution in [0.5, 0.6) is 0 Å². The van der Waals surface area contributed by atoms with Gasteiger partial charge in [0.25, 0.3) is 5.91 Å². The molecule has 2 aliphatic rings. The first-order chi connectivity index (χ1) is 8.83. The molecule has 7 heteroatoms. The van der Waals surface area contributed by atoms with Crippen LogP contribution < -0.4 is 10.7 Å². The summed E-state index contributed by atoms with van der Waals surface area (Å²) in [4.78, 5) is 19.4. The Labute approximate surface area is 105 Å². The van der Waals surface area contributed by atoms with Gasteiger partial charge in [0.2, 0.25) is 0 Å². The summed E-state index contributed by atoms with van der Waals surface area (Å²) < 4.78 is 5.24. The van der Waals surface area contributed by atoms with E-state index in [1.54, 1.807) is 6.33 Å². The van der Waals surface area contributed by atoms with Gasteiger partial charge in [-0.05, 0) is 0 Å². The minimum Gasteiger partial charge on any atom is -0.379 e. The molecular formula is C11H17N5O2. The lowest BCUT2D eigenvalue weighted by atomic mass is 10.1. The molecule has 7 nitrogen and oxygen atoms in total. The average molecular weight is 251 g/mol. The molecule has 0 saturated carbocycles. The van der Waals surface area contributed by atoms with Crippen molar-refractivity contribution in [2.24, 2.45) is 0 Å². The number of aromatic amines is 1. The number of hydrazine groups is 1. The van der Waals surface area contributed by atoms with Gasteiger partial charge in [0, 0.05) is 26.1 Å². The van der Waals surface area contributed by atoms with Crippen LogP contribution in [-0.2, 0) is 22.5 Å². The normalized spacial score (nSPS) is 24.6. The Morgan fingerprint density at radius 3 is 3.17 bits per heavy atom. The Hall–Kier alpha value is -1.44. The molecule has 3 heterocycles. The zero-order chi connectivity index (χ0) is 12.4. The number of hydrogen-bond donors (Lipinski definition) is 3. The molecule has 0 bridgehead atoms. The first-order valence-corrected chi connectivity index (χ1v) is 6.20. The van der Waals surface area contributed by atoms with Gasteiger partial charge in [0.1, 0.15) is 0 Å². The van der Waals surface area contributed by atoms with Crippen LogP contribution in [0.2, 0.25) is 0 Å². The van der Waals surface area contributed by atoms with Crippen molar-refractivity contribution in [3.05, 3.63) is 17.7 Å². The monoisotopic (exact) mass is 251 g/mol. The zero-order valence-corrected chi connectivity index (χ0v) is 10.1. The number of hydrogen-bond acceptors (Lipinski definition) is 5. The molecule has 1 aromatic rings. The lowest BCUT2D eigenvalue weighted by Gasteiger charge is -2.30. The fraction of sp³-hybridized carbons (Fsp3) is 0.636. The van der Waals surface area contributed by atoms with Gasteiger partial charge in [-0.15, -0.1) is 0 Å². The van der Waals surface area contributed by atoms with Gasteiger partial charge < -0.3 is 9.72 Å². The topological polar surface area (TPSA) is 82.3 Å². The van der Waals surface area contributed by atoms with E-state index in [9.17, 15) is 4.79 Å². The van der Waals surface area contributed by atoms with Crippen molar-refractivity contribution in [2.75, 3.05) is 26.3 Å². The van der Waals surface area contributed by atoms with Crippen molar-refractivity contribution in [2.45, 2.75) is 19.0 Å². The number of amides is 1. The van der Waals surface area contributed by atoms with E-state index in [2.05, 4.69) is 20.7 Å². The molecule has 1 unspecified atom stereocenters. The van der Waals surface area contributed by atoms with Crippen molar-refractivity contribution in [1.82, 2.24) is 25.7 Å². The fourth-order valence-corrected chi connectivity index (χ4v) is 2.26. The number of ether oxygens (including phenoxy) is 1. The molecule has 0 aromatic carbocycles. The molecule has 0 radical (unpaired) electrons. The van der Waals surface area contributed by atoms with Crippen LogP contribution in [0.3, 0.4) is 0 Å². The van der Waals surface area contributed by atoms with E-state index in [4.69, 9.17) is 4.74 Å².